The average Bonchev–Trinajstić information content (AvgIpc) is 2.31. The first-order chi connectivity index (χ1) is 8.11. The zero-order valence-corrected chi connectivity index (χ0v) is 11.1. The maximum absolute atomic E-state index is 6.10. The van der Waals surface area contributed by atoms with Crippen LogP contribution in [0.2, 0.25) is 0 Å². The van der Waals surface area contributed by atoms with E-state index in [9.17, 15) is 0 Å². The second-order valence-corrected chi connectivity index (χ2v) is 4.17. The molecule has 4 nitrogen and oxygen atoms in total. The molecule has 0 heterocycles. The molecule has 96 valence electrons. The molecule has 0 aromatic heterocycles. The second kappa shape index (κ2) is 6.35. The van der Waals surface area contributed by atoms with Gasteiger partial charge in [0.15, 0.2) is 0 Å². The van der Waals surface area contributed by atoms with Gasteiger partial charge >= 0.3 is 0 Å². The number of nitrogens with two attached hydrogens (primary N) is 1. The largest absolute Gasteiger partial charge is 0.495 e. The van der Waals surface area contributed by atoms with Crippen LogP contribution in [0.5, 0.6) is 5.75 Å². The van der Waals surface area contributed by atoms with Crippen LogP contribution in [0.4, 0.5) is 11.4 Å². The van der Waals surface area contributed by atoms with E-state index in [0.717, 1.165) is 12.2 Å². The Morgan fingerprint density at radius 3 is 2.53 bits per heavy atom. The number of benzene rings is 1. The fourth-order valence-electron chi connectivity index (χ4n) is 1.81. The number of nitrogen functional groups attached to an aromatic ring is 1. The van der Waals surface area contributed by atoms with Gasteiger partial charge in [-0.25, -0.2) is 0 Å². The van der Waals surface area contributed by atoms with Crippen molar-refractivity contribution < 1.29 is 9.47 Å². The molecule has 0 amide bonds. The molecule has 0 saturated carbocycles. The van der Waals surface area contributed by atoms with E-state index in [1.54, 1.807) is 14.2 Å². The van der Waals surface area contributed by atoms with E-state index in [-0.39, 0.29) is 0 Å². The molecule has 0 spiro atoms. The third-order valence-corrected chi connectivity index (χ3v) is 2.73. The maximum Gasteiger partial charge on any atom is 0.143 e. The van der Waals surface area contributed by atoms with Gasteiger partial charge in [-0.3, -0.25) is 0 Å². The monoisotopic (exact) mass is 238 g/mol. The van der Waals surface area contributed by atoms with Gasteiger partial charge in [0.2, 0.25) is 0 Å². The van der Waals surface area contributed by atoms with E-state index < -0.39 is 0 Å². The molecule has 0 aliphatic carbocycles. The highest BCUT2D eigenvalue weighted by Crippen LogP contribution is 2.32. The molecule has 0 saturated heterocycles. The van der Waals surface area contributed by atoms with Crippen molar-refractivity contribution in [2.45, 2.75) is 19.9 Å². The minimum absolute atomic E-state index is 0.361. The van der Waals surface area contributed by atoms with E-state index in [4.69, 9.17) is 15.2 Å². The normalized spacial score (nSPS) is 10.6. The van der Waals surface area contributed by atoms with Gasteiger partial charge < -0.3 is 20.1 Å². The first-order valence-electron chi connectivity index (χ1n) is 5.79. The lowest BCUT2D eigenvalue weighted by Gasteiger charge is -2.30. The molecule has 0 unspecified atom stereocenters. The summed E-state index contributed by atoms with van der Waals surface area (Å²) in [5.74, 6) is 0.713. The highest BCUT2D eigenvalue weighted by molar-refractivity contribution is 5.74. The lowest BCUT2D eigenvalue weighted by molar-refractivity contribution is 0.204. The summed E-state index contributed by atoms with van der Waals surface area (Å²) in [6.07, 6.45) is 0. The Bertz CT molecular complexity index is 353. The van der Waals surface area contributed by atoms with Crippen molar-refractivity contribution in [2.24, 2.45) is 0 Å². The molecular formula is C13H22N2O2. The van der Waals surface area contributed by atoms with Crippen molar-refractivity contribution in [3.8, 4) is 5.75 Å². The van der Waals surface area contributed by atoms with Gasteiger partial charge in [0.05, 0.1) is 25.1 Å². The fourth-order valence-corrected chi connectivity index (χ4v) is 1.81. The van der Waals surface area contributed by atoms with Crippen molar-refractivity contribution in [1.29, 1.82) is 0 Å². The Balaban J connectivity index is 3.01. The quantitative estimate of drug-likeness (QED) is 0.771. The first-order valence-corrected chi connectivity index (χ1v) is 5.79. The number of ether oxygens (including phenoxy) is 2. The van der Waals surface area contributed by atoms with E-state index in [0.29, 0.717) is 24.1 Å². The van der Waals surface area contributed by atoms with Crippen LogP contribution in [0.1, 0.15) is 13.8 Å². The summed E-state index contributed by atoms with van der Waals surface area (Å²) in [6, 6.07) is 6.19. The van der Waals surface area contributed by atoms with Gasteiger partial charge in [0.25, 0.3) is 0 Å². The van der Waals surface area contributed by atoms with Crippen molar-refractivity contribution >= 4 is 11.4 Å². The zero-order chi connectivity index (χ0) is 12.8. The van der Waals surface area contributed by atoms with Crippen LogP contribution >= 0.6 is 0 Å². The van der Waals surface area contributed by atoms with Gasteiger partial charge in [-0.05, 0) is 26.0 Å². The number of nitrogens with zero attached hydrogens (tertiary/aromatic N) is 1. The Hall–Kier alpha value is -1.42. The predicted octanol–water partition coefficient (Wildman–Crippen LogP) is 2.14. The van der Waals surface area contributed by atoms with Gasteiger partial charge in [0, 0.05) is 19.7 Å². The van der Waals surface area contributed by atoms with Gasteiger partial charge in [-0.15, -0.1) is 0 Å². The second-order valence-electron chi connectivity index (χ2n) is 4.17. The molecule has 4 heteroatoms. The van der Waals surface area contributed by atoms with Crippen LogP contribution in [-0.4, -0.2) is 33.4 Å². The molecule has 1 aromatic rings. The molecular weight excluding hydrogens is 216 g/mol. The van der Waals surface area contributed by atoms with Crippen LogP contribution in [0.25, 0.3) is 0 Å². The molecule has 1 aromatic carbocycles. The molecule has 0 atom stereocenters. The lowest BCUT2D eigenvalue weighted by atomic mass is 10.2. The summed E-state index contributed by atoms with van der Waals surface area (Å²) < 4.78 is 10.4. The summed E-state index contributed by atoms with van der Waals surface area (Å²) >= 11 is 0. The smallest absolute Gasteiger partial charge is 0.143 e. The molecule has 17 heavy (non-hydrogen) atoms. The molecule has 1 rings (SSSR count). The number of hydrogen-bond acceptors (Lipinski definition) is 4. The highest BCUT2D eigenvalue weighted by atomic mass is 16.5. The molecule has 0 bridgehead atoms. The van der Waals surface area contributed by atoms with Gasteiger partial charge in [-0.1, -0.05) is 6.07 Å². The van der Waals surface area contributed by atoms with E-state index in [1.807, 2.05) is 18.2 Å². The standard InChI is InChI=1S/C13H22N2O2/c1-10(2)15(8-9-16-3)11-6-5-7-12(17-4)13(11)14/h5-7,10H,8-9,14H2,1-4H3. The highest BCUT2D eigenvalue weighted by Gasteiger charge is 2.15. The number of rotatable bonds is 6. The molecule has 0 fully saturated rings. The summed E-state index contributed by atoms with van der Waals surface area (Å²) in [6.45, 7) is 5.75. The number of anilines is 2. The zero-order valence-electron chi connectivity index (χ0n) is 11.1. The summed E-state index contributed by atoms with van der Waals surface area (Å²) in [5.41, 5.74) is 7.77. The van der Waals surface area contributed by atoms with E-state index >= 15 is 0 Å². The third kappa shape index (κ3) is 3.27. The Morgan fingerprint density at radius 1 is 1.29 bits per heavy atom. The number of hydrogen-bond donors (Lipinski definition) is 1. The van der Waals surface area contributed by atoms with E-state index in [1.165, 1.54) is 0 Å². The minimum Gasteiger partial charge on any atom is -0.495 e. The van der Waals surface area contributed by atoms with Gasteiger partial charge in [-0.2, -0.15) is 0 Å². The summed E-state index contributed by atoms with van der Waals surface area (Å²) in [7, 11) is 3.33. The van der Waals surface area contributed by atoms with Gasteiger partial charge in [0.1, 0.15) is 5.75 Å². The van der Waals surface area contributed by atoms with Crippen molar-refractivity contribution in [3.05, 3.63) is 18.2 Å². The van der Waals surface area contributed by atoms with Crippen LogP contribution in [0.15, 0.2) is 18.2 Å². The molecule has 0 aliphatic heterocycles. The van der Waals surface area contributed by atoms with Crippen LogP contribution in [-0.2, 0) is 4.74 Å². The Kier molecular flexibility index (Phi) is 5.10. The average molecular weight is 238 g/mol. The van der Waals surface area contributed by atoms with Crippen LogP contribution in [0.3, 0.4) is 0 Å². The third-order valence-electron chi connectivity index (χ3n) is 2.73. The van der Waals surface area contributed by atoms with Crippen molar-refractivity contribution in [3.63, 3.8) is 0 Å². The van der Waals surface area contributed by atoms with Crippen molar-refractivity contribution in [2.75, 3.05) is 38.0 Å². The van der Waals surface area contributed by atoms with Crippen LogP contribution in [0, 0.1) is 0 Å². The predicted molar refractivity (Wildman–Crippen MR) is 71.8 cm³/mol. The molecule has 0 radical (unpaired) electrons. The topological polar surface area (TPSA) is 47.7 Å². The SMILES string of the molecule is COCCN(c1cccc(OC)c1N)C(C)C. The molecule has 2 N–H and O–H groups in total. The Labute approximate surface area is 103 Å². The minimum atomic E-state index is 0.361. The van der Waals surface area contributed by atoms with E-state index in [2.05, 4.69) is 18.7 Å². The number of para-hydroxylation sites is 1. The lowest BCUT2D eigenvalue weighted by Crippen LogP contribution is -2.34. The van der Waals surface area contributed by atoms with Crippen molar-refractivity contribution in [1.82, 2.24) is 0 Å². The van der Waals surface area contributed by atoms with Crippen LogP contribution < -0.4 is 15.4 Å². The fraction of sp³-hybridized carbons (Fsp3) is 0.538. The first kappa shape index (κ1) is 13.6. The summed E-state index contributed by atoms with van der Waals surface area (Å²) in [5, 5.41) is 0. The Morgan fingerprint density at radius 2 is 2.00 bits per heavy atom. The number of methoxy groups -OCH3 is 2. The molecule has 0 aliphatic rings. The summed E-state index contributed by atoms with van der Waals surface area (Å²) in [4.78, 5) is 2.21. The maximum atomic E-state index is 6.10.